The van der Waals surface area contributed by atoms with E-state index in [2.05, 4.69) is 4.98 Å². The van der Waals surface area contributed by atoms with Crippen molar-refractivity contribution < 1.29 is 8.42 Å². The number of pyridine rings is 1. The van der Waals surface area contributed by atoms with Crippen molar-refractivity contribution in [2.75, 3.05) is 42.0 Å². The summed E-state index contributed by atoms with van der Waals surface area (Å²) >= 11 is 0. The van der Waals surface area contributed by atoms with E-state index in [1.807, 2.05) is 0 Å². The molecule has 4 N–H and O–H groups in total. The maximum Gasteiger partial charge on any atom is 0.149 e. The summed E-state index contributed by atoms with van der Waals surface area (Å²) in [4.78, 5) is 5.78. The Morgan fingerprint density at radius 2 is 2.00 bits per heavy atom. The molecule has 0 radical (unpaired) electrons. The molecular weight excluding hydrogens is 228 g/mol. The standard InChI is InChI=1S/C9H16N4O2S/c1-13(5-6-16(2,14)15)8-4-3-7(10)9(11)12-8/h3-4H,5-6,10H2,1-2H3,(H2,11,12). The smallest absolute Gasteiger partial charge is 0.149 e. The maximum atomic E-state index is 11.0. The Hall–Kier alpha value is -1.50. The fourth-order valence-electron chi connectivity index (χ4n) is 1.10. The summed E-state index contributed by atoms with van der Waals surface area (Å²) < 4.78 is 22.0. The van der Waals surface area contributed by atoms with Gasteiger partial charge in [0.1, 0.15) is 21.5 Å². The molecule has 16 heavy (non-hydrogen) atoms. The van der Waals surface area contributed by atoms with Crippen LogP contribution in [0.1, 0.15) is 0 Å². The van der Waals surface area contributed by atoms with E-state index < -0.39 is 9.84 Å². The van der Waals surface area contributed by atoms with Gasteiger partial charge in [0.2, 0.25) is 0 Å². The Bertz CT molecular complexity index is 472. The minimum Gasteiger partial charge on any atom is -0.396 e. The first-order valence-electron chi connectivity index (χ1n) is 4.70. The van der Waals surface area contributed by atoms with Crippen molar-refractivity contribution in [2.45, 2.75) is 0 Å². The molecule has 0 aliphatic heterocycles. The topological polar surface area (TPSA) is 102 Å². The Labute approximate surface area is 95.2 Å². The van der Waals surface area contributed by atoms with Crippen LogP contribution in [-0.2, 0) is 9.84 Å². The minimum absolute atomic E-state index is 0.0788. The molecule has 0 bridgehead atoms. The Morgan fingerprint density at radius 3 is 2.50 bits per heavy atom. The lowest BCUT2D eigenvalue weighted by atomic mass is 10.3. The summed E-state index contributed by atoms with van der Waals surface area (Å²) in [6.07, 6.45) is 1.20. The maximum absolute atomic E-state index is 11.0. The van der Waals surface area contributed by atoms with Crippen molar-refractivity contribution in [1.29, 1.82) is 0 Å². The van der Waals surface area contributed by atoms with Gasteiger partial charge < -0.3 is 16.4 Å². The Morgan fingerprint density at radius 1 is 1.38 bits per heavy atom. The third kappa shape index (κ3) is 3.58. The van der Waals surface area contributed by atoms with Gasteiger partial charge in [0.05, 0.1) is 11.4 Å². The molecule has 0 unspecified atom stereocenters. The zero-order valence-electron chi connectivity index (χ0n) is 9.34. The number of sulfone groups is 1. The van der Waals surface area contributed by atoms with Crippen LogP contribution in [0, 0.1) is 0 Å². The highest BCUT2D eigenvalue weighted by atomic mass is 32.2. The average molecular weight is 244 g/mol. The van der Waals surface area contributed by atoms with Gasteiger partial charge in [0.25, 0.3) is 0 Å². The molecule has 0 aliphatic rings. The van der Waals surface area contributed by atoms with E-state index in [-0.39, 0.29) is 11.6 Å². The first kappa shape index (κ1) is 12.6. The van der Waals surface area contributed by atoms with E-state index in [0.717, 1.165) is 0 Å². The van der Waals surface area contributed by atoms with Crippen LogP contribution < -0.4 is 16.4 Å². The van der Waals surface area contributed by atoms with Gasteiger partial charge in [-0.2, -0.15) is 0 Å². The SMILES string of the molecule is CN(CCS(C)(=O)=O)c1ccc(N)c(N)n1. The Kier molecular flexibility index (Phi) is 3.58. The lowest BCUT2D eigenvalue weighted by Crippen LogP contribution is -2.25. The van der Waals surface area contributed by atoms with Crippen molar-refractivity contribution in [3.05, 3.63) is 12.1 Å². The molecule has 6 nitrogen and oxygen atoms in total. The largest absolute Gasteiger partial charge is 0.396 e. The highest BCUT2D eigenvalue weighted by Gasteiger charge is 2.08. The summed E-state index contributed by atoms with van der Waals surface area (Å²) in [5.74, 6) is 0.939. The van der Waals surface area contributed by atoms with Crippen molar-refractivity contribution in [3.63, 3.8) is 0 Å². The van der Waals surface area contributed by atoms with Crippen LogP contribution in [-0.4, -0.2) is 39.0 Å². The van der Waals surface area contributed by atoms with E-state index in [4.69, 9.17) is 11.5 Å². The van der Waals surface area contributed by atoms with E-state index in [9.17, 15) is 8.42 Å². The fourth-order valence-corrected chi connectivity index (χ4v) is 1.71. The zero-order chi connectivity index (χ0) is 12.3. The van der Waals surface area contributed by atoms with Crippen molar-refractivity contribution >= 4 is 27.2 Å². The van der Waals surface area contributed by atoms with E-state index in [0.29, 0.717) is 18.1 Å². The highest BCUT2D eigenvalue weighted by Crippen LogP contribution is 2.17. The van der Waals surface area contributed by atoms with Crippen LogP contribution >= 0.6 is 0 Å². The highest BCUT2D eigenvalue weighted by molar-refractivity contribution is 7.90. The summed E-state index contributed by atoms with van der Waals surface area (Å²) in [6, 6.07) is 3.35. The second-order valence-electron chi connectivity index (χ2n) is 3.70. The molecule has 0 spiro atoms. The molecule has 1 aromatic rings. The van der Waals surface area contributed by atoms with Crippen LogP contribution in [0.25, 0.3) is 0 Å². The van der Waals surface area contributed by atoms with Crippen LogP contribution in [0.2, 0.25) is 0 Å². The molecule has 0 atom stereocenters. The van der Waals surface area contributed by atoms with Crippen molar-refractivity contribution in [2.24, 2.45) is 0 Å². The number of aromatic nitrogens is 1. The van der Waals surface area contributed by atoms with Crippen molar-refractivity contribution in [1.82, 2.24) is 4.98 Å². The molecule has 0 saturated heterocycles. The molecule has 0 aromatic carbocycles. The monoisotopic (exact) mass is 244 g/mol. The lowest BCUT2D eigenvalue weighted by molar-refractivity contribution is 0.601. The van der Waals surface area contributed by atoms with Crippen molar-refractivity contribution in [3.8, 4) is 0 Å². The number of rotatable bonds is 4. The van der Waals surface area contributed by atoms with Crippen LogP contribution in [0.4, 0.5) is 17.3 Å². The number of anilines is 3. The zero-order valence-corrected chi connectivity index (χ0v) is 10.2. The number of hydrogen-bond acceptors (Lipinski definition) is 6. The first-order valence-corrected chi connectivity index (χ1v) is 6.76. The molecule has 90 valence electrons. The first-order chi connectivity index (χ1) is 7.29. The Balaban J connectivity index is 2.73. The molecule has 7 heteroatoms. The lowest BCUT2D eigenvalue weighted by Gasteiger charge is -2.18. The van der Waals surface area contributed by atoms with Crippen LogP contribution in [0.3, 0.4) is 0 Å². The van der Waals surface area contributed by atoms with Gasteiger partial charge in [-0.05, 0) is 12.1 Å². The molecule has 0 saturated carbocycles. The number of hydrogen-bond donors (Lipinski definition) is 2. The second-order valence-corrected chi connectivity index (χ2v) is 5.96. The number of nitrogens with two attached hydrogens (primary N) is 2. The molecule has 1 aromatic heterocycles. The second kappa shape index (κ2) is 4.56. The molecule has 0 fully saturated rings. The van der Waals surface area contributed by atoms with Gasteiger partial charge >= 0.3 is 0 Å². The summed E-state index contributed by atoms with van der Waals surface area (Å²) in [5, 5.41) is 0. The van der Waals surface area contributed by atoms with Crippen LogP contribution in [0.5, 0.6) is 0 Å². The summed E-state index contributed by atoms with van der Waals surface area (Å²) in [7, 11) is -1.22. The van der Waals surface area contributed by atoms with E-state index >= 15 is 0 Å². The van der Waals surface area contributed by atoms with Gasteiger partial charge in [0, 0.05) is 19.8 Å². The van der Waals surface area contributed by atoms with Gasteiger partial charge in [-0.3, -0.25) is 0 Å². The van der Waals surface area contributed by atoms with Crippen LogP contribution in [0.15, 0.2) is 12.1 Å². The van der Waals surface area contributed by atoms with Gasteiger partial charge in [-0.1, -0.05) is 0 Å². The van der Waals surface area contributed by atoms with E-state index in [1.54, 1.807) is 24.1 Å². The van der Waals surface area contributed by atoms with Gasteiger partial charge in [0.15, 0.2) is 0 Å². The third-order valence-electron chi connectivity index (χ3n) is 2.13. The summed E-state index contributed by atoms with van der Waals surface area (Å²) in [5.41, 5.74) is 11.5. The molecule has 1 rings (SSSR count). The fraction of sp³-hybridized carbons (Fsp3) is 0.444. The predicted molar refractivity (Wildman–Crippen MR) is 66.0 cm³/mol. The average Bonchev–Trinajstić information content (AvgIpc) is 2.17. The van der Waals surface area contributed by atoms with Gasteiger partial charge in [-0.25, -0.2) is 13.4 Å². The third-order valence-corrected chi connectivity index (χ3v) is 3.06. The number of nitrogen functional groups attached to an aromatic ring is 2. The quantitative estimate of drug-likeness (QED) is 0.755. The van der Waals surface area contributed by atoms with Gasteiger partial charge in [-0.15, -0.1) is 0 Å². The summed E-state index contributed by atoms with van der Waals surface area (Å²) in [6.45, 7) is 0.370. The van der Waals surface area contributed by atoms with E-state index in [1.165, 1.54) is 6.26 Å². The molecule has 0 amide bonds. The number of nitrogens with zero attached hydrogens (tertiary/aromatic N) is 2. The normalized spacial score (nSPS) is 11.4. The molecule has 0 aliphatic carbocycles. The molecular formula is C9H16N4O2S. The minimum atomic E-state index is -2.97. The molecule has 1 heterocycles. The predicted octanol–water partition coefficient (Wildman–Crippen LogP) is -0.273.